The van der Waals surface area contributed by atoms with Gasteiger partial charge in [-0.15, -0.1) is 0 Å². The summed E-state index contributed by atoms with van der Waals surface area (Å²) in [6, 6.07) is 0.479. The van der Waals surface area contributed by atoms with Crippen molar-refractivity contribution in [3.05, 3.63) is 0 Å². The maximum absolute atomic E-state index is 12.5. The summed E-state index contributed by atoms with van der Waals surface area (Å²) in [5.41, 5.74) is 0. The molecule has 0 bridgehead atoms. The zero-order valence-electron chi connectivity index (χ0n) is 14.4. The number of urea groups is 1. The van der Waals surface area contributed by atoms with Gasteiger partial charge in [0.1, 0.15) is 0 Å². The molecule has 1 N–H and O–H groups in total. The second-order valence-electron chi connectivity index (χ2n) is 7.18. The first-order valence-electron chi connectivity index (χ1n) is 8.37. The van der Waals surface area contributed by atoms with Crippen LogP contribution < -0.4 is 5.32 Å². The highest BCUT2D eigenvalue weighted by molar-refractivity contribution is 8.00. The van der Waals surface area contributed by atoms with Crippen LogP contribution in [0.4, 0.5) is 4.79 Å². The van der Waals surface area contributed by atoms with E-state index in [-0.39, 0.29) is 10.8 Å². The zero-order valence-corrected chi connectivity index (χ0v) is 15.2. The van der Waals surface area contributed by atoms with E-state index in [1.54, 1.807) is 0 Å². The summed E-state index contributed by atoms with van der Waals surface area (Å²) >= 11 is 1.95. The minimum absolute atomic E-state index is 0.0901. The molecule has 2 rings (SSSR count). The van der Waals surface area contributed by atoms with E-state index < -0.39 is 0 Å². The zero-order chi connectivity index (χ0) is 16.2. The number of nitrogens with one attached hydrogen (secondary N) is 1. The summed E-state index contributed by atoms with van der Waals surface area (Å²) in [6.07, 6.45) is 0. The van der Waals surface area contributed by atoms with Crippen molar-refractivity contribution < 1.29 is 9.53 Å². The fourth-order valence-electron chi connectivity index (χ4n) is 3.19. The summed E-state index contributed by atoms with van der Waals surface area (Å²) in [5.74, 6) is 1.55. The molecule has 22 heavy (non-hydrogen) atoms. The standard InChI is InChI=1S/C16H31N3O2S/c1-13(2)14(18-5-8-21-9-6-18)11-17-15(20)19-7-10-22-16(3,4)12-19/h13-14H,5-12H2,1-4H3,(H,17,20)/t14-/m1/s1. The fourth-order valence-corrected chi connectivity index (χ4v) is 4.30. The quantitative estimate of drug-likeness (QED) is 0.855. The Morgan fingerprint density at radius 1 is 1.27 bits per heavy atom. The van der Waals surface area contributed by atoms with Crippen LogP contribution in [0.5, 0.6) is 0 Å². The molecule has 1 atom stereocenters. The molecule has 0 saturated carbocycles. The van der Waals surface area contributed by atoms with Crippen molar-refractivity contribution in [3.63, 3.8) is 0 Å². The Morgan fingerprint density at radius 2 is 1.95 bits per heavy atom. The topological polar surface area (TPSA) is 44.8 Å². The molecule has 5 nitrogen and oxygen atoms in total. The molecular weight excluding hydrogens is 298 g/mol. The Labute approximate surface area is 139 Å². The van der Waals surface area contributed by atoms with E-state index in [1.807, 2.05) is 16.7 Å². The lowest BCUT2D eigenvalue weighted by Gasteiger charge is -2.39. The Balaban J connectivity index is 1.84. The maximum atomic E-state index is 12.5. The summed E-state index contributed by atoms with van der Waals surface area (Å²) < 4.78 is 5.60. The molecule has 2 saturated heterocycles. The summed E-state index contributed by atoms with van der Waals surface area (Å²) in [5, 5.41) is 3.16. The van der Waals surface area contributed by atoms with Crippen molar-refractivity contribution in [1.29, 1.82) is 0 Å². The van der Waals surface area contributed by atoms with Gasteiger partial charge in [-0.2, -0.15) is 11.8 Å². The molecule has 0 spiro atoms. The summed E-state index contributed by atoms with van der Waals surface area (Å²) in [4.78, 5) is 16.9. The number of carbonyl (C=O) groups is 1. The van der Waals surface area contributed by atoms with E-state index >= 15 is 0 Å². The molecule has 2 aliphatic rings. The van der Waals surface area contributed by atoms with E-state index in [2.05, 4.69) is 37.9 Å². The van der Waals surface area contributed by atoms with Crippen molar-refractivity contribution in [1.82, 2.24) is 15.1 Å². The van der Waals surface area contributed by atoms with Gasteiger partial charge in [-0.05, 0) is 19.8 Å². The molecule has 0 radical (unpaired) electrons. The van der Waals surface area contributed by atoms with Crippen LogP contribution in [-0.2, 0) is 4.74 Å². The van der Waals surface area contributed by atoms with Gasteiger partial charge in [-0.3, -0.25) is 4.90 Å². The number of nitrogens with zero attached hydrogens (tertiary/aromatic N) is 2. The largest absolute Gasteiger partial charge is 0.379 e. The van der Waals surface area contributed by atoms with E-state index in [1.165, 1.54) is 0 Å². The average molecular weight is 330 g/mol. The molecule has 0 aliphatic carbocycles. The van der Waals surface area contributed by atoms with Gasteiger partial charge in [0.2, 0.25) is 0 Å². The maximum Gasteiger partial charge on any atom is 0.317 e. The number of carbonyl (C=O) groups excluding carboxylic acids is 1. The molecule has 2 aliphatic heterocycles. The Morgan fingerprint density at radius 3 is 2.55 bits per heavy atom. The van der Waals surface area contributed by atoms with Crippen LogP contribution in [0.3, 0.4) is 0 Å². The molecule has 0 aromatic rings. The van der Waals surface area contributed by atoms with E-state index in [0.29, 0.717) is 12.0 Å². The lowest BCUT2D eigenvalue weighted by Crippen LogP contribution is -2.55. The number of amides is 2. The lowest BCUT2D eigenvalue weighted by molar-refractivity contribution is 0.00693. The van der Waals surface area contributed by atoms with Crippen molar-refractivity contribution in [2.75, 3.05) is 51.7 Å². The smallest absolute Gasteiger partial charge is 0.317 e. The number of hydrogen-bond donors (Lipinski definition) is 1. The summed E-state index contributed by atoms with van der Waals surface area (Å²) in [6.45, 7) is 14.8. The predicted molar refractivity (Wildman–Crippen MR) is 92.5 cm³/mol. The number of ether oxygens (including phenoxy) is 1. The lowest BCUT2D eigenvalue weighted by atomic mass is 10.0. The first-order chi connectivity index (χ1) is 10.4. The van der Waals surface area contributed by atoms with Crippen LogP contribution in [0.1, 0.15) is 27.7 Å². The molecule has 2 fully saturated rings. The van der Waals surface area contributed by atoms with Crippen LogP contribution in [-0.4, -0.2) is 78.3 Å². The highest BCUT2D eigenvalue weighted by Gasteiger charge is 2.30. The van der Waals surface area contributed by atoms with Gasteiger partial charge in [0.25, 0.3) is 0 Å². The Bertz CT molecular complexity index is 370. The predicted octanol–water partition coefficient (Wildman–Crippen LogP) is 1.88. The van der Waals surface area contributed by atoms with Gasteiger partial charge in [-0.1, -0.05) is 13.8 Å². The van der Waals surface area contributed by atoms with Gasteiger partial charge < -0.3 is 15.0 Å². The molecule has 0 aromatic heterocycles. The molecule has 6 heteroatoms. The van der Waals surface area contributed by atoms with E-state index in [0.717, 1.165) is 51.7 Å². The Kier molecular flexibility index (Phi) is 6.41. The Hall–Kier alpha value is -0.460. The van der Waals surface area contributed by atoms with Crippen molar-refractivity contribution in [2.45, 2.75) is 38.5 Å². The molecule has 0 aromatic carbocycles. The van der Waals surface area contributed by atoms with Gasteiger partial charge in [0.05, 0.1) is 13.2 Å². The van der Waals surface area contributed by atoms with Crippen molar-refractivity contribution in [3.8, 4) is 0 Å². The fraction of sp³-hybridized carbons (Fsp3) is 0.938. The highest BCUT2D eigenvalue weighted by Crippen LogP contribution is 2.29. The van der Waals surface area contributed by atoms with Gasteiger partial charge in [-0.25, -0.2) is 4.79 Å². The minimum Gasteiger partial charge on any atom is -0.379 e. The number of morpholine rings is 1. The first-order valence-corrected chi connectivity index (χ1v) is 9.36. The monoisotopic (exact) mass is 329 g/mol. The van der Waals surface area contributed by atoms with E-state index in [4.69, 9.17) is 4.74 Å². The molecule has 2 heterocycles. The van der Waals surface area contributed by atoms with Gasteiger partial charge >= 0.3 is 6.03 Å². The number of hydrogen-bond acceptors (Lipinski definition) is 4. The van der Waals surface area contributed by atoms with E-state index in [9.17, 15) is 4.79 Å². The molecule has 128 valence electrons. The number of rotatable bonds is 4. The van der Waals surface area contributed by atoms with Gasteiger partial charge in [0.15, 0.2) is 0 Å². The first kappa shape index (κ1) is 17.9. The third-order valence-electron chi connectivity index (χ3n) is 4.46. The summed E-state index contributed by atoms with van der Waals surface area (Å²) in [7, 11) is 0. The minimum atomic E-state index is 0.0901. The van der Waals surface area contributed by atoms with Crippen LogP contribution in [0.25, 0.3) is 0 Å². The van der Waals surface area contributed by atoms with Crippen LogP contribution >= 0.6 is 11.8 Å². The van der Waals surface area contributed by atoms with Crippen LogP contribution in [0.2, 0.25) is 0 Å². The number of thioether (sulfide) groups is 1. The normalized spacial score (nSPS) is 24.3. The van der Waals surface area contributed by atoms with Crippen molar-refractivity contribution in [2.24, 2.45) is 5.92 Å². The van der Waals surface area contributed by atoms with Gasteiger partial charge in [0, 0.05) is 49.3 Å². The molecular formula is C16H31N3O2S. The molecule has 0 unspecified atom stereocenters. The average Bonchev–Trinajstić information content (AvgIpc) is 2.47. The van der Waals surface area contributed by atoms with Crippen LogP contribution in [0, 0.1) is 5.92 Å². The third-order valence-corrected chi connectivity index (χ3v) is 5.76. The third kappa shape index (κ3) is 5.03. The second kappa shape index (κ2) is 7.88. The second-order valence-corrected chi connectivity index (χ2v) is 8.98. The SMILES string of the molecule is CC(C)[C@@H](CNC(=O)N1CCSC(C)(C)C1)N1CCOCC1. The van der Waals surface area contributed by atoms with Crippen molar-refractivity contribution >= 4 is 17.8 Å². The molecule has 2 amide bonds. The highest BCUT2D eigenvalue weighted by atomic mass is 32.2. The van der Waals surface area contributed by atoms with Crippen LogP contribution in [0.15, 0.2) is 0 Å².